The Balaban J connectivity index is 1.39. The maximum atomic E-state index is 11.4. The van der Waals surface area contributed by atoms with Crippen LogP contribution in [0.1, 0.15) is 92.4 Å². The summed E-state index contributed by atoms with van der Waals surface area (Å²) < 4.78 is 12.4. The van der Waals surface area contributed by atoms with Crippen molar-refractivity contribution >= 4 is 0 Å². The summed E-state index contributed by atoms with van der Waals surface area (Å²) in [7, 11) is 1.86. The molecule has 1 heterocycles. The van der Waals surface area contributed by atoms with Crippen LogP contribution in [0.15, 0.2) is 0 Å². The SMILES string of the molecule is COC1CC[C@]2(N)C3CC[C@@]4(C)C(CC(O)C4C4CC[C@@H](C(C)(C)O)O4)C3CCC2C1(C)C. The van der Waals surface area contributed by atoms with Crippen LogP contribution in [0.3, 0.4) is 0 Å². The van der Waals surface area contributed by atoms with Gasteiger partial charge in [0.25, 0.3) is 0 Å². The van der Waals surface area contributed by atoms with Crippen LogP contribution in [0.25, 0.3) is 0 Å². The predicted molar refractivity (Wildman–Crippen MR) is 130 cm³/mol. The Labute approximate surface area is 201 Å². The molecule has 0 aromatic rings. The highest BCUT2D eigenvalue weighted by Gasteiger charge is 2.66. The molecule has 1 saturated heterocycles. The summed E-state index contributed by atoms with van der Waals surface area (Å²) in [6.45, 7) is 10.9. The van der Waals surface area contributed by atoms with E-state index < -0.39 is 5.60 Å². The fourth-order valence-electron chi connectivity index (χ4n) is 10.2. The number of aliphatic hydroxyl groups is 2. The van der Waals surface area contributed by atoms with Gasteiger partial charge in [-0.2, -0.15) is 0 Å². The highest BCUT2D eigenvalue weighted by molar-refractivity contribution is 5.17. The lowest BCUT2D eigenvalue weighted by molar-refractivity contribution is -0.160. The highest BCUT2D eigenvalue weighted by Crippen LogP contribution is 2.67. The molecule has 5 rings (SSSR count). The lowest BCUT2D eigenvalue weighted by atomic mass is 9.43. The third kappa shape index (κ3) is 3.50. The van der Waals surface area contributed by atoms with Gasteiger partial charge < -0.3 is 25.4 Å². The molecule has 5 nitrogen and oxygen atoms in total. The summed E-state index contributed by atoms with van der Waals surface area (Å²) >= 11 is 0. The van der Waals surface area contributed by atoms with Crippen molar-refractivity contribution in [1.29, 1.82) is 0 Å². The summed E-state index contributed by atoms with van der Waals surface area (Å²) in [5, 5.41) is 21.9. The molecule has 5 fully saturated rings. The van der Waals surface area contributed by atoms with E-state index in [-0.39, 0.29) is 40.6 Å². The molecule has 33 heavy (non-hydrogen) atoms. The third-order valence-electron chi connectivity index (χ3n) is 11.8. The molecule has 0 amide bonds. The minimum Gasteiger partial charge on any atom is -0.393 e. The summed E-state index contributed by atoms with van der Waals surface area (Å²) in [5.41, 5.74) is 6.70. The number of ether oxygens (including phenoxy) is 2. The first kappa shape index (κ1) is 24.5. The first-order chi connectivity index (χ1) is 15.3. The van der Waals surface area contributed by atoms with Crippen molar-refractivity contribution < 1.29 is 19.7 Å². The van der Waals surface area contributed by atoms with Crippen molar-refractivity contribution in [2.75, 3.05) is 7.11 Å². The lowest BCUT2D eigenvalue weighted by Gasteiger charge is -2.64. The first-order valence-corrected chi connectivity index (χ1v) is 13.7. The van der Waals surface area contributed by atoms with Crippen LogP contribution in [-0.2, 0) is 9.47 Å². The molecular formula is C28H49NO4. The minimum absolute atomic E-state index is 0.0576. The quantitative estimate of drug-likeness (QED) is 0.582. The van der Waals surface area contributed by atoms with Crippen molar-refractivity contribution in [2.45, 2.75) is 128 Å². The maximum absolute atomic E-state index is 11.4. The fourth-order valence-corrected chi connectivity index (χ4v) is 10.2. The van der Waals surface area contributed by atoms with Crippen LogP contribution in [0, 0.1) is 40.4 Å². The van der Waals surface area contributed by atoms with Crippen LogP contribution in [0.2, 0.25) is 0 Å². The van der Waals surface area contributed by atoms with Gasteiger partial charge in [-0.25, -0.2) is 0 Å². The van der Waals surface area contributed by atoms with Crippen LogP contribution in [-0.4, -0.2) is 52.9 Å². The van der Waals surface area contributed by atoms with Crippen LogP contribution >= 0.6 is 0 Å². The van der Waals surface area contributed by atoms with Crippen molar-refractivity contribution in [3.63, 3.8) is 0 Å². The molecule has 8 unspecified atom stereocenters. The number of rotatable bonds is 3. The van der Waals surface area contributed by atoms with Crippen LogP contribution in [0.5, 0.6) is 0 Å². The average molecular weight is 464 g/mol. The van der Waals surface area contributed by atoms with Gasteiger partial charge in [0.1, 0.15) is 0 Å². The molecule has 4 saturated carbocycles. The Kier molecular flexibility index (Phi) is 5.86. The molecule has 4 aliphatic carbocycles. The van der Waals surface area contributed by atoms with Gasteiger partial charge in [0.2, 0.25) is 0 Å². The molecule has 0 spiro atoms. The Morgan fingerprint density at radius 1 is 0.970 bits per heavy atom. The Hall–Kier alpha value is -0.200. The number of nitrogens with two attached hydrogens (primary N) is 1. The average Bonchev–Trinajstić information content (AvgIpc) is 3.29. The van der Waals surface area contributed by atoms with Gasteiger partial charge in [-0.05, 0) is 106 Å². The van der Waals surface area contributed by atoms with Gasteiger partial charge in [0.05, 0.1) is 30.0 Å². The molecule has 0 aromatic heterocycles. The number of hydrogen-bond acceptors (Lipinski definition) is 5. The second kappa shape index (κ2) is 7.90. The molecule has 0 bridgehead atoms. The normalized spacial score (nSPS) is 53.9. The molecule has 0 aromatic carbocycles. The summed E-state index contributed by atoms with van der Waals surface area (Å²) in [5.74, 6) is 2.34. The van der Waals surface area contributed by atoms with E-state index in [1.807, 2.05) is 21.0 Å². The number of fused-ring (bicyclic) bond motifs is 5. The topological polar surface area (TPSA) is 84.9 Å². The standard InChI is InChI=1S/C28H49NO4/c1-25(2)21-9-7-16-17(28(21,29)14-12-22(25)32-6)11-13-27(5)18(16)15-19(30)24(27)20-8-10-23(33-20)26(3,4)31/h16-24,30-31H,7-15,29H2,1-6H3/t16?,17?,18?,19?,20?,21?,22?,23-,24?,27-,28-/m0/s1. The zero-order valence-electron chi connectivity index (χ0n) is 21.8. The minimum atomic E-state index is -0.825. The zero-order chi connectivity index (χ0) is 24.0. The van der Waals surface area contributed by atoms with Crippen LogP contribution in [0.4, 0.5) is 0 Å². The smallest absolute Gasteiger partial charge is 0.0861 e. The fraction of sp³-hybridized carbons (Fsp3) is 1.00. The van der Waals surface area contributed by atoms with Gasteiger partial charge in [0, 0.05) is 18.6 Å². The number of hydrogen-bond donors (Lipinski definition) is 3. The van der Waals surface area contributed by atoms with Crippen molar-refractivity contribution in [3.05, 3.63) is 0 Å². The Morgan fingerprint density at radius 2 is 1.70 bits per heavy atom. The summed E-state index contributed by atoms with van der Waals surface area (Å²) in [6.07, 6.45) is 9.46. The molecule has 5 heteroatoms. The van der Waals surface area contributed by atoms with Gasteiger partial charge in [-0.1, -0.05) is 20.8 Å². The van der Waals surface area contributed by atoms with Crippen molar-refractivity contribution in [2.24, 2.45) is 46.2 Å². The van der Waals surface area contributed by atoms with E-state index in [1.165, 1.54) is 19.3 Å². The lowest BCUT2D eigenvalue weighted by Crippen LogP contribution is -2.68. The molecule has 5 aliphatic rings. The van der Waals surface area contributed by atoms with Gasteiger partial charge in [0.15, 0.2) is 0 Å². The second-order valence-electron chi connectivity index (χ2n) is 14.0. The van der Waals surface area contributed by atoms with E-state index in [2.05, 4.69) is 20.8 Å². The number of methoxy groups -OCH3 is 1. The Bertz CT molecular complexity index is 749. The van der Waals surface area contributed by atoms with E-state index in [4.69, 9.17) is 15.2 Å². The van der Waals surface area contributed by atoms with Crippen LogP contribution < -0.4 is 5.73 Å². The maximum Gasteiger partial charge on any atom is 0.0861 e. The molecule has 190 valence electrons. The summed E-state index contributed by atoms with van der Waals surface area (Å²) in [6, 6.07) is 0. The largest absolute Gasteiger partial charge is 0.393 e. The van der Waals surface area contributed by atoms with Gasteiger partial charge in [-0.15, -0.1) is 0 Å². The third-order valence-corrected chi connectivity index (χ3v) is 11.8. The van der Waals surface area contributed by atoms with E-state index in [1.54, 1.807) is 0 Å². The molecule has 11 atom stereocenters. The molecule has 1 aliphatic heterocycles. The first-order valence-electron chi connectivity index (χ1n) is 13.7. The zero-order valence-corrected chi connectivity index (χ0v) is 21.8. The van der Waals surface area contributed by atoms with E-state index >= 15 is 0 Å². The monoisotopic (exact) mass is 463 g/mol. The Morgan fingerprint density at radius 3 is 2.33 bits per heavy atom. The number of aliphatic hydroxyl groups excluding tert-OH is 1. The van der Waals surface area contributed by atoms with E-state index in [9.17, 15) is 10.2 Å². The van der Waals surface area contributed by atoms with Crippen molar-refractivity contribution in [1.82, 2.24) is 0 Å². The van der Waals surface area contributed by atoms with Gasteiger partial charge >= 0.3 is 0 Å². The van der Waals surface area contributed by atoms with Crippen molar-refractivity contribution in [3.8, 4) is 0 Å². The van der Waals surface area contributed by atoms with E-state index in [0.29, 0.717) is 29.8 Å². The van der Waals surface area contributed by atoms with Gasteiger partial charge in [-0.3, -0.25) is 0 Å². The molecule has 4 N–H and O–H groups in total. The second-order valence-corrected chi connectivity index (χ2v) is 14.0. The summed E-state index contributed by atoms with van der Waals surface area (Å²) in [4.78, 5) is 0. The highest BCUT2D eigenvalue weighted by atomic mass is 16.5. The molecule has 0 radical (unpaired) electrons. The molecular weight excluding hydrogens is 414 g/mol. The van der Waals surface area contributed by atoms with E-state index in [0.717, 1.165) is 38.5 Å². The predicted octanol–water partition coefficient (Wildman–Crippen LogP) is 4.28.